The first kappa shape index (κ1) is 22.2. The number of anilines is 1. The molecule has 0 bridgehead atoms. The Bertz CT molecular complexity index is 1420. The molecule has 4 rings (SSSR count). The summed E-state index contributed by atoms with van der Waals surface area (Å²) in [7, 11) is 0. The lowest BCUT2D eigenvalue weighted by atomic mass is 10.2. The van der Waals surface area contributed by atoms with Gasteiger partial charge in [0.05, 0.1) is 32.5 Å². The predicted octanol–water partition coefficient (Wildman–Crippen LogP) is 4.72. The number of aromatic nitrogens is 2. The van der Waals surface area contributed by atoms with Gasteiger partial charge in [-0.25, -0.2) is 4.98 Å². The Morgan fingerprint density at radius 2 is 1.79 bits per heavy atom. The van der Waals surface area contributed by atoms with Crippen molar-refractivity contribution in [2.24, 2.45) is 0 Å². The molecule has 1 amide bonds. The number of nitro groups is 1. The fraction of sp³-hybridized carbons (Fsp3) is 0.125. The van der Waals surface area contributed by atoms with Gasteiger partial charge in [0.1, 0.15) is 0 Å². The van der Waals surface area contributed by atoms with Crippen LogP contribution in [0.15, 0.2) is 82.7 Å². The number of nitrogens with zero attached hydrogens (tertiary/aromatic N) is 3. The summed E-state index contributed by atoms with van der Waals surface area (Å²) in [5, 5.41) is 14.1. The maximum absolute atomic E-state index is 13.3. The average Bonchev–Trinajstić information content (AvgIpc) is 2.81. The Labute approximate surface area is 193 Å². The highest BCUT2D eigenvalue weighted by Gasteiger charge is 2.21. The quantitative estimate of drug-likeness (QED) is 0.193. The molecule has 1 unspecified atom stereocenters. The molecule has 9 heteroatoms. The molecule has 0 spiro atoms. The van der Waals surface area contributed by atoms with E-state index in [1.54, 1.807) is 56.3 Å². The van der Waals surface area contributed by atoms with Gasteiger partial charge < -0.3 is 5.32 Å². The van der Waals surface area contributed by atoms with E-state index in [1.807, 2.05) is 18.2 Å². The molecule has 8 nitrogen and oxygen atoms in total. The summed E-state index contributed by atoms with van der Waals surface area (Å²) in [4.78, 5) is 41.4. The fourth-order valence-electron chi connectivity index (χ4n) is 3.30. The minimum atomic E-state index is -0.633. The molecule has 0 fully saturated rings. The zero-order valence-corrected chi connectivity index (χ0v) is 18.7. The number of hydrogen-bond donors (Lipinski definition) is 1. The first-order chi connectivity index (χ1) is 15.8. The van der Waals surface area contributed by atoms with E-state index >= 15 is 0 Å². The third-order valence-corrected chi connectivity index (χ3v) is 6.15. The zero-order valence-electron chi connectivity index (χ0n) is 17.9. The van der Waals surface area contributed by atoms with Crippen molar-refractivity contribution in [2.45, 2.75) is 24.3 Å². The van der Waals surface area contributed by atoms with Gasteiger partial charge in [0.2, 0.25) is 5.91 Å². The molecule has 0 aliphatic heterocycles. The van der Waals surface area contributed by atoms with Crippen LogP contribution in [0.5, 0.6) is 0 Å². The standard InChI is InChI=1S/C24H20N4O4S/c1-15-12-13-18(28(31)32)14-21(15)25-22(29)16(2)33-24-26-20-11-7-6-10-19(20)23(30)27(24)17-8-4-3-5-9-17/h3-14,16H,1-2H3,(H,25,29). The van der Waals surface area contributed by atoms with Crippen molar-refractivity contribution in [1.29, 1.82) is 0 Å². The summed E-state index contributed by atoms with van der Waals surface area (Å²) in [5.74, 6) is -0.356. The molecule has 166 valence electrons. The maximum atomic E-state index is 13.3. The minimum absolute atomic E-state index is 0.106. The van der Waals surface area contributed by atoms with Gasteiger partial charge in [-0.05, 0) is 43.7 Å². The van der Waals surface area contributed by atoms with Gasteiger partial charge in [0.15, 0.2) is 5.16 Å². The summed E-state index contributed by atoms with van der Waals surface area (Å²) < 4.78 is 1.50. The maximum Gasteiger partial charge on any atom is 0.271 e. The smallest absolute Gasteiger partial charge is 0.271 e. The molecule has 0 aliphatic rings. The second kappa shape index (κ2) is 9.25. The van der Waals surface area contributed by atoms with E-state index in [4.69, 9.17) is 0 Å². The van der Waals surface area contributed by atoms with E-state index in [-0.39, 0.29) is 17.2 Å². The summed E-state index contributed by atoms with van der Waals surface area (Å²) in [5.41, 5.74) is 1.93. The second-order valence-corrected chi connectivity index (χ2v) is 8.70. The molecular weight excluding hydrogens is 440 g/mol. The third kappa shape index (κ3) is 4.63. The highest BCUT2D eigenvalue weighted by Crippen LogP contribution is 2.27. The summed E-state index contributed by atoms with van der Waals surface area (Å²) in [6, 6.07) is 20.5. The molecular formula is C24H20N4O4S. The molecule has 1 aromatic heterocycles. The molecule has 0 saturated carbocycles. The number of thioether (sulfide) groups is 1. The largest absolute Gasteiger partial charge is 0.325 e. The number of para-hydroxylation sites is 2. The van der Waals surface area contributed by atoms with Crippen LogP contribution in [0.4, 0.5) is 11.4 Å². The number of carbonyl (C=O) groups excluding carboxylic acids is 1. The van der Waals surface area contributed by atoms with E-state index in [0.717, 1.165) is 11.8 Å². The van der Waals surface area contributed by atoms with Crippen LogP contribution < -0.4 is 10.9 Å². The van der Waals surface area contributed by atoms with Crippen molar-refractivity contribution in [1.82, 2.24) is 9.55 Å². The molecule has 0 radical (unpaired) electrons. The van der Waals surface area contributed by atoms with Gasteiger partial charge in [-0.1, -0.05) is 48.2 Å². The zero-order chi connectivity index (χ0) is 23.5. The van der Waals surface area contributed by atoms with Gasteiger partial charge in [-0.15, -0.1) is 0 Å². The Morgan fingerprint density at radius 1 is 1.09 bits per heavy atom. The van der Waals surface area contributed by atoms with Crippen molar-refractivity contribution < 1.29 is 9.72 Å². The van der Waals surface area contributed by atoms with Crippen molar-refractivity contribution in [2.75, 3.05) is 5.32 Å². The van der Waals surface area contributed by atoms with E-state index in [9.17, 15) is 19.7 Å². The lowest BCUT2D eigenvalue weighted by Gasteiger charge is -2.17. The Hall–Kier alpha value is -3.98. The fourth-order valence-corrected chi connectivity index (χ4v) is 4.23. The Kier molecular flexibility index (Phi) is 6.23. The van der Waals surface area contributed by atoms with Gasteiger partial charge in [-0.3, -0.25) is 24.3 Å². The molecule has 3 aromatic carbocycles. The van der Waals surface area contributed by atoms with Crippen molar-refractivity contribution in [3.8, 4) is 5.69 Å². The average molecular weight is 461 g/mol. The molecule has 1 heterocycles. The number of rotatable bonds is 6. The van der Waals surface area contributed by atoms with Crippen LogP contribution in [0, 0.1) is 17.0 Å². The van der Waals surface area contributed by atoms with E-state index in [1.165, 1.54) is 16.7 Å². The number of non-ortho nitro benzene ring substituents is 1. The lowest BCUT2D eigenvalue weighted by molar-refractivity contribution is -0.384. The second-order valence-electron chi connectivity index (χ2n) is 7.39. The molecule has 0 aliphatic carbocycles. The lowest BCUT2D eigenvalue weighted by Crippen LogP contribution is -2.26. The Morgan fingerprint density at radius 3 is 2.52 bits per heavy atom. The first-order valence-corrected chi connectivity index (χ1v) is 11.0. The van der Waals surface area contributed by atoms with Crippen molar-refractivity contribution >= 4 is 39.9 Å². The van der Waals surface area contributed by atoms with Gasteiger partial charge >= 0.3 is 0 Å². The van der Waals surface area contributed by atoms with Gasteiger partial charge in [-0.2, -0.15) is 0 Å². The molecule has 1 N–H and O–H groups in total. The first-order valence-electron chi connectivity index (χ1n) is 10.1. The third-order valence-electron chi connectivity index (χ3n) is 5.10. The number of amides is 1. The van der Waals surface area contributed by atoms with Crippen molar-refractivity contribution in [3.05, 3.63) is 98.8 Å². The van der Waals surface area contributed by atoms with E-state index in [0.29, 0.717) is 33.0 Å². The topological polar surface area (TPSA) is 107 Å². The van der Waals surface area contributed by atoms with Crippen LogP contribution >= 0.6 is 11.8 Å². The monoisotopic (exact) mass is 460 g/mol. The van der Waals surface area contributed by atoms with Crippen LogP contribution in [0.1, 0.15) is 12.5 Å². The number of hydrogen-bond acceptors (Lipinski definition) is 6. The van der Waals surface area contributed by atoms with Crippen LogP contribution in [0.25, 0.3) is 16.6 Å². The van der Waals surface area contributed by atoms with Crippen LogP contribution in [0.3, 0.4) is 0 Å². The van der Waals surface area contributed by atoms with Crippen molar-refractivity contribution in [3.63, 3.8) is 0 Å². The van der Waals surface area contributed by atoms with Gasteiger partial charge in [0, 0.05) is 12.1 Å². The highest BCUT2D eigenvalue weighted by molar-refractivity contribution is 8.00. The number of nitrogens with one attached hydrogen (secondary N) is 1. The Balaban J connectivity index is 1.69. The van der Waals surface area contributed by atoms with E-state index in [2.05, 4.69) is 10.3 Å². The molecule has 4 aromatic rings. The SMILES string of the molecule is Cc1ccc([N+](=O)[O-])cc1NC(=O)C(C)Sc1nc2ccccc2c(=O)n1-c1ccccc1. The van der Waals surface area contributed by atoms with Crippen LogP contribution in [-0.4, -0.2) is 25.6 Å². The number of carbonyl (C=O) groups is 1. The summed E-state index contributed by atoms with van der Waals surface area (Å²) in [6.45, 7) is 3.46. The summed E-state index contributed by atoms with van der Waals surface area (Å²) >= 11 is 1.14. The number of aryl methyl sites for hydroxylation is 1. The highest BCUT2D eigenvalue weighted by atomic mass is 32.2. The van der Waals surface area contributed by atoms with Crippen LogP contribution in [0.2, 0.25) is 0 Å². The molecule has 33 heavy (non-hydrogen) atoms. The summed E-state index contributed by atoms with van der Waals surface area (Å²) in [6.07, 6.45) is 0. The number of nitro benzene ring substituents is 1. The number of benzene rings is 3. The normalized spacial score (nSPS) is 11.8. The van der Waals surface area contributed by atoms with Crippen LogP contribution in [-0.2, 0) is 4.79 Å². The predicted molar refractivity (Wildman–Crippen MR) is 129 cm³/mol. The van der Waals surface area contributed by atoms with E-state index < -0.39 is 10.2 Å². The minimum Gasteiger partial charge on any atom is -0.325 e. The molecule has 0 saturated heterocycles. The van der Waals surface area contributed by atoms with Gasteiger partial charge in [0.25, 0.3) is 11.2 Å². The number of fused-ring (bicyclic) bond motifs is 1. The molecule has 1 atom stereocenters.